The average Bonchev–Trinajstić information content (AvgIpc) is 2.00. The summed E-state index contributed by atoms with van der Waals surface area (Å²) < 4.78 is 0.492. The molecule has 0 amide bonds. The van der Waals surface area contributed by atoms with Gasteiger partial charge in [0.1, 0.15) is 0 Å². The van der Waals surface area contributed by atoms with Crippen molar-refractivity contribution in [3.05, 3.63) is 0 Å². The summed E-state index contributed by atoms with van der Waals surface area (Å²) in [6.07, 6.45) is 2.18. The van der Waals surface area contributed by atoms with E-state index < -0.39 is 5.97 Å². The molecule has 0 radical (unpaired) electrons. The van der Waals surface area contributed by atoms with E-state index in [1.54, 1.807) is 0 Å². The van der Waals surface area contributed by atoms with Crippen LogP contribution in [0.3, 0.4) is 0 Å². The summed E-state index contributed by atoms with van der Waals surface area (Å²) in [4.78, 5) is 10.2. The Kier molecular flexibility index (Phi) is 7.52. The summed E-state index contributed by atoms with van der Waals surface area (Å²) in [5.41, 5.74) is 0. The van der Waals surface area contributed by atoms with Crippen molar-refractivity contribution in [2.24, 2.45) is 5.92 Å². The SMILES string of the molecule is CC(CBr)CC(I)CCC(=O)O. The lowest BCUT2D eigenvalue weighted by Gasteiger charge is -2.12. The van der Waals surface area contributed by atoms with Crippen LogP contribution in [0.15, 0.2) is 0 Å². The van der Waals surface area contributed by atoms with Crippen molar-refractivity contribution in [3.63, 3.8) is 0 Å². The van der Waals surface area contributed by atoms with Gasteiger partial charge in [0.2, 0.25) is 0 Å². The fraction of sp³-hybridized carbons (Fsp3) is 0.875. The van der Waals surface area contributed by atoms with Crippen LogP contribution in [0.4, 0.5) is 0 Å². The molecular weight excluding hydrogens is 335 g/mol. The summed E-state index contributed by atoms with van der Waals surface area (Å²) >= 11 is 5.73. The maximum Gasteiger partial charge on any atom is 0.303 e. The number of hydrogen-bond donors (Lipinski definition) is 1. The van der Waals surface area contributed by atoms with E-state index >= 15 is 0 Å². The van der Waals surface area contributed by atoms with E-state index in [4.69, 9.17) is 5.11 Å². The largest absolute Gasteiger partial charge is 0.481 e. The molecule has 0 aromatic rings. The molecule has 0 bridgehead atoms. The molecule has 1 N–H and O–H groups in total. The average molecular weight is 349 g/mol. The van der Waals surface area contributed by atoms with Crippen LogP contribution in [-0.4, -0.2) is 20.3 Å². The fourth-order valence-corrected chi connectivity index (χ4v) is 2.34. The first-order chi connectivity index (χ1) is 5.56. The van der Waals surface area contributed by atoms with Gasteiger partial charge in [0, 0.05) is 15.7 Å². The predicted octanol–water partition coefficient (Wildman–Crippen LogP) is 3.08. The summed E-state index contributed by atoms with van der Waals surface area (Å²) in [5, 5.41) is 9.44. The molecule has 0 saturated carbocycles. The second-order valence-electron chi connectivity index (χ2n) is 3.02. The lowest BCUT2D eigenvalue weighted by molar-refractivity contribution is -0.137. The molecule has 0 aliphatic carbocycles. The highest BCUT2D eigenvalue weighted by atomic mass is 127. The third-order valence-electron chi connectivity index (χ3n) is 1.59. The third kappa shape index (κ3) is 7.34. The van der Waals surface area contributed by atoms with E-state index in [0.29, 0.717) is 16.3 Å². The molecule has 0 aliphatic heterocycles. The van der Waals surface area contributed by atoms with Gasteiger partial charge in [-0.25, -0.2) is 0 Å². The Hall–Kier alpha value is 0.680. The van der Waals surface area contributed by atoms with E-state index in [9.17, 15) is 4.79 Å². The Balaban J connectivity index is 3.45. The first-order valence-electron chi connectivity index (χ1n) is 3.98. The van der Waals surface area contributed by atoms with Crippen LogP contribution in [0.5, 0.6) is 0 Å². The van der Waals surface area contributed by atoms with Gasteiger partial charge in [0.05, 0.1) is 0 Å². The number of halogens is 2. The lowest BCUT2D eigenvalue weighted by atomic mass is 10.1. The minimum absolute atomic E-state index is 0.294. The van der Waals surface area contributed by atoms with Gasteiger partial charge < -0.3 is 5.11 Å². The van der Waals surface area contributed by atoms with Crippen LogP contribution in [-0.2, 0) is 4.79 Å². The van der Waals surface area contributed by atoms with Crippen LogP contribution in [0.2, 0.25) is 0 Å². The molecule has 0 saturated heterocycles. The predicted molar refractivity (Wildman–Crippen MR) is 62.3 cm³/mol. The smallest absolute Gasteiger partial charge is 0.303 e. The maximum atomic E-state index is 10.2. The van der Waals surface area contributed by atoms with Gasteiger partial charge >= 0.3 is 5.97 Å². The van der Waals surface area contributed by atoms with Gasteiger partial charge in [-0.05, 0) is 18.8 Å². The molecule has 2 nitrogen and oxygen atoms in total. The van der Waals surface area contributed by atoms with Crippen LogP contribution in [0.1, 0.15) is 26.2 Å². The molecule has 0 rings (SSSR count). The number of carboxylic acid groups (broad SMARTS) is 1. The van der Waals surface area contributed by atoms with E-state index in [1.165, 1.54) is 0 Å². The number of alkyl halides is 2. The molecule has 12 heavy (non-hydrogen) atoms. The number of carbonyl (C=O) groups is 1. The number of aliphatic carboxylic acids is 1. The zero-order valence-electron chi connectivity index (χ0n) is 7.09. The normalized spacial score (nSPS) is 15.6. The standard InChI is InChI=1S/C8H14BrIO2/c1-6(5-9)4-7(10)2-3-8(11)12/h6-7H,2-5H2,1H3,(H,11,12). The zero-order chi connectivity index (χ0) is 9.56. The van der Waals surface area contributed by atoms with Gasteiger partial charge in [-0.1, -0.05) is 45.4 Å². The molecule has 2 atom stereocenters. The van der Waals surface area contributed by atoms with Gasteiger partial charge in [-0.3, -0.25) is 4.79 Å². The van der Waals surface area contributed by atoms with Gasteiger partial charge in [0.15, 0.2) is 0 Å². The topological polar surface area (TPSA) is 37.3 Å². The van der Waals surface area contributed by atoms with E-state index in [2.05, 4.69) is 45.4 Å². The Morgan fingerprint density at radius 1 is 1.67 bits per heavy atom. The van der Waals surface area contributed by atoms with Crippen molar-refractivity contribution in [1.29, 1.82) is 0 Å². The summed E-state index contributed by atoms with van der Waals surface area (Å²) in [5.74, 6) is -0.0520. The van der Waals surface area contributed by atoms with Crippen LogP contribution >= 0.6 is 38.5 Å². The van der Waals surface area contributed by atoms with E-state index in [-0.39, 0.29) is 0 Å². The molecule has 0 spiro atoms. The Morgan fingerprint density at radius 2 is 2.25 bits per heavy atom. The molecule has 2 unspecified atom stereocenters. The highest BCUT2D eigenvalue weighted by Crippen LogP contribution is 2.19. The van der Waals surface area contributed by atoms with Crippen molar-refractivity contribution in [2.45, 2.75) is 30.1 Å². The van der Waals surface area contributed by atoms with Crippen LogP contribution < -0.4 is 0 Å². The molecular formula is C8H14BrIO2. The Morgan fingerprint density at radius 3 is 2.67 bits per heavy atom. The Bertz CT molecular complexity index is 141. The first kappa shape index (κ1) is 12.7. The molecule has 0 heterocycles. The molecule has 0 fully saturated rings. The van der Waals surface area contributed by atoms with Crippen molar-refractivity contribution >= 4 is 44.5 Å². The van der Waals surface area contributed by atoms with Crippen molar-refractivity contribution < 1.29 is 9.90 Å². The number of hydrogen-bond acceptors (Lipinski definition) is 1. The van der Waals surface area contributed by atoms with Crippen LogP contribution in [0.25, 0.3) is 0 Å². The lowest BCUT2D eigenvalue weighted by Crippen LogP contribution is -2.08. The third-order valence-corrected chi connectivity index (χ3v) is 3.83. The van der Waals surface area contributed by atoms with Gasteiger partial charge in [0.25, 0.3) is 0 Å². The molecule has 4 heteroatoms. The molecule has 0 aromatic heterocycles. The van der Waals surface area contributed by atoms with Gasteiger partial charge in [-0.2, -0.15) is 0 Å². The van der Waals surface area contributed by atoms with Crippen molar-refractivity contribution in [3.8, 4) is 0 Å². The van der Waals surface area contributed by atoms with E-state index in [1.807, 2.05) is 0 Å². The quantitative estimate of drug-likeness (QED) is 0.591. The number of carboxylic acids is 1. The van der Waals surface area contributed by atoms with Crippen molar-refractivity contribution in [1.82, 2.24) is 0 Å². The fourth-order valence-electron chi connectivity index (χ4n) is 0.898. The minimum Gasteiger partial charge on any atom is -0.481 e. The monoisotopic (exact) mass is 348 g/mol. The highest BCUT2D eigenvalue weighted by Gasteiger charge is 2.10. The molecule has 0 aliphatic rings. The van der Waals surface area contributed by atoms with E-state index in [0.717, 1.165) is 18.2 Å². The highest BCUT2D eigenvalue weighted by molar-refractivity contribution is 14.1. The zero-order valence-corrected chi connectivity index (χ0v) is 10.8. The second kappa shape index (κ2) is 7.12. The second-order valence-corrected chi connectivity index (χ2v) is 5.43. The molecule has 0 aromatic carbocycles. The summed E-state index contributed by atoms with van der Waals surface area (Å²) in [7, 11) is 0. The Labute approximate surface area is 95.4 Å². The minimum atomic E-state index is -0.692. The number of rotatable bonds is 6. The maximum absolute atomic E-state index is 10.2. The van der Waals surface area contributed by atoms with Crippen LogP contribution in [0, 0.1) is 5.92 Å². The summed E-state index contributed by atoms with van der Waals surface area (Å²) in [6.45, 7) is 2.17. The van der Waals surface area contributed by atoms with Gasteiger partial charge in [-0.15, -0.1) is 0 Å². The van der Waals surface area contributed by atoms with Crippen molar-refractivity contribution in [2.75, 3.05) is 5.33 Å². The first-order valence-corrected chi connectivity index (χ1v) is 6.34. The molecule has 72 valence electrons. The summed E-state index contributed by atoms with van der Waals surface area (Å²) in [6, 6.07) is 0.